The molecule has 4 aromatic carbocycles. The Morgan fingerprint density at radius 3 is 2.10 bits per heavy atom. The van der Waals surface area contributed by atoms with Crippen LogP contribution < -0.4 is 9.47 Å². The van der Waals surface area contributed by atoms with E-state index in [2.05, 4.69) is 62.4 Å². The zero-order valence-electron chi connectivity index (χ0n) is 17.3. The van der Waals surface area contributed by atoms with Crippen molar-refractivity contribution in [1.29, 1.82) is 0 Å². The zero-order chi connectivity index (χ0) is 21.1. The average molecular weight is 402 g/mol. The molecule has 0 unspecified atom stereocenters. The molecule has 4 aromatic rings. The number of ether oxygens (including phenoxy) is 2. The molecule has 0 atom stereocenters. The fraction of sp³-hybridized carbons (Fsp3) is 0.231. The van der Waals surface area contributed by atoms with E-state index in [1.165, 1.54) is 5.56 Å². The van der Waals surface area contributed by atoms with Crippen molar-refractivity contribution in [2.45, 2.75) is 13.8 Å². The summed E-state index contributed by atoms with van der Waals surface area (Å²) in [4.78, 5) is 0. The molecule has 0 bridgehead atoms. The Balaban J connectivity index is 2.08. The van der Waals surface area contributed by atoms with Crippen LogP contribution in [-0.2, 0) is 0 Å². The summed E-state index contributed by atoms with van der Waals surface area (Å²) in [7, 11) is 0. The smallest absolute Gasteiger partial charge is 0.169 e. The maximum Gasteiger partial charge on any atom is 0.169 e. The van der Waals surface area contributed by atoms with Gasteiger partial charge in [-0.05, 0) is 47.0 Å². The van der Waals surface area contributed by atoms with E-state index in [0.29, 0.717) is 11.5 Å². The van der Waals surface area contributed by atoms with Crippen LogP contribution in [0.4, 0.5) is 0 Å². The Bertz CT molecular complexity index is 1200. The number of rotatable bonds is 7. The maximum absolute atomic E-state index is 9.40. The first kappa shape index (κ1) is 20.2. The molecule has 0 saturated carbocycles. The highest BCUT2D eigenvalue weighted by Crippen LogP contribution is 2.46. The van der Waals surface area contributed by atoms with Crippen molar-refractivity contribution in [3.8, 4) is 22.6 Å². The summed E-state index contributed by atoms with van der Waals surface area (Å²) in [6.45, 7) is 4.28. The number of benzene rings is 4. The van der Waals surface area contributed by atoms with Gasteiger partial charge in [0.25, 0.3) is 0 Å². The van der Waals surface area contributed by atoms with Gasteiger partial charge in [-0.2, -0.15) is 0 Å². The van der Waals surface area contributed by atoms with Crippen LogP contribution in [0.15, 0.2) is 60.7 Å². The Labute approximate surface area is 176 Å². The van der Waals surface area contributed by atoms with Crippen LogP contribution >= 0.6 is 0 Å². The van der Waals surface area contributed by atoms with E-state index in [9.17, 15) is 10.2 Å². The number of hydrogen-bond acceptors (Lipinski definition) is 4. The minimum Gasteiger partial charge on any atom is -0.487 e. The Morgan fingerprint density at radius 2 is 1.37 bits per heavy atom. The minimum atomic E-state index is -0.0977. The highest BCUT2D eigenvalue weighted by atomic mass is 16.5. The molecule has 0 radical (unpaired) electrons. The SMILES string of the molecule is Cc1ccc2c(-c3c(OCCO)c(OCCO)cc4cc(C)ccc34)cccc2c1. The van der Waals surface area contributed by atoms with Crippen LogP contribution in [0.3, 0.4) is 0 Å². The molecular weight excluding hydrogens is 376 g/mol. The van der Waals surface area contributed by atoms with Gasteiger partial charge in [-0.25, -0.2) is 0 Å². The Morgan fingerprint density at radius 1 is 0.700 bits per heavy atom. The van der Waals surface area contributed by atoms with E-state index < -0.39 is 0 Å². The summed E-state index contributed by atoms with van der Waals surface area (Å²) < 4.78 is 11.9. The lowest BCUT2D eigenvalue weighted by atomic mass is 9.91. The van der Waals surface area contributed by atoms with E-state index in [0.717, 1.165) is 38.2 Å². The van der Waals surface area contributed by atoms with Crippen molar-refractivity contribution in [2.24, 2.45) is 0 Å². The third-order valence-corrected chi connectivity index (χ3v) is 5.21. The summed E-state index contributed by atoms with van der Waals surface area (Å²) >= 11 is 0. The first-order valence-electron chi connectivity index (χ1n) is 10.2. The molecule has 0 aliphatic rings. The van der Waals surface area contributed by atoms with Gasteiger partial charge in [0.2, 0.25) is 0 Å². The molecule has 30 heavy (non-hydrogen) atoms. The zero-order valence-corrected chi connectivity index (χ0v) is 17.3. The van der Waals surface area contributed by atoms with Gasteiger partial charge in [0, 0.05) is 5.56 Å². The van der Waals surface area contributed by atoms with Crippen molar-refractivity contribution in [3.63, 3.8) is 0 Å². The molecule has 0 aliphatic heterocycles. The summed E-state index contributed by atoms with van der Waals surface area (Å²) in [6, 6.07) is 20.9. The van der Waals surface area contributed by atoms with Crippen molar-refractivity contribution in [2.75, 3.05) is 26.4 Å². The molecule has 0 heterocycles. The van der Waals surface area contributed by atoms with Crippen LogP contribution in [0.5, 0.6) is 11.5 Å². The molecule has 0 aliphatic carbocycles. The predicted molar refractivity (Wildman–Crippen MR) is 122 cm³/mol. The number of fused-ring (bicyclic) bond motifs is 2. The average Bonchev–Trinajstić information content (AvgIpc) is 2.75. The lowest BCUT2D eigenvalue weighted by Crippen LogP contribution is -2.08. The largest absolute Gasteiger partial charge is 0.487 e. The summed E-state index contributed by atoms with van der Waals surface area (Å²) in [5, 5.41) is 23.1. The van der Waals surface area contributed by atoms with Gasteiger partial charge in [-0.1, -0.05) is 65.7 Å². The summed E-state index contributed by atoms with van der Waals surface area (Å²) in [5.74, 6) is 1.15. The van der Waals surface area contributed by atoms with Crippen molar-refractivity contribution < 1.29 is 19.7 Å². The summed E-state index contributed by atoms with van der Waals surface area (Å²) in [5.41, 5.74) is 4.34. The van der Waals surface area contributed by atoms with Gasteiger partial charge in [0.05, 0.1) is 13.2 Å². The van der Waals surface area contributed by atoms with E-state index in [-0.39, 0.29) is 26.4 Å². The van der Waals surface area contributed by atoms with Crippen molar-refractivity contribution in [1.82, 2.24) is 0 Å². The number of aryl methyl sites for hydroxylation is 2. The fourth-order valence-corrected chi connectivity index (χ4v) is 3.92. The third kappa shape index (κ3) is 3.84. The van der Waals surface area contributed by atoms with Crippen molar-refractivity contribution >= 4 is 21.5 Å². The highest BCUT2D eigenvalue weighted by Gasteiger charge is 2.20. The van der Waals surface area contributed by atoms with Gasteiger partial charge < -0.3 is 19.7 Å². The van der Waals surface area contributed by atoms with Crippen LogP contribution in [0.25, 0.3) is 32.7 Å². The van der Waals surface area contributed by atoms with Gasteiger partial charge in [0.1, 0.15) is 13.2 Å². The van der Waals surface area contributed by atoms with Gasteiger partial charge in [-0.15, -0.1) is 0 Å². The topological polar surface area (TPSA) is 58.9 Å². The molecule has 0 spiro atoms. The number of aliphatic hydroxyl groups is 2. The van der Waals surface area contributed by atoms with E-state index >= 15 is 0 Å². The fourth-order valence-electron chi connectivity index (χ4n) is 3.92. The molecule has 2 N–H and O–H groups in total. The van der Waals surface area contributed by atoms with E-state index in [1.54, 1.807) is 0 Å². The summed E-state index contributed by atoms with van der Waals surface area (Å²) in [6.07, 6.45) is 0. The Hall–Kier alpha value is -3.08. The highest BCUT2D eigenvalue weighted by molar-refractivity contribution is 6.09. The molecule has 154 valence electrons. The quantitative estimate of drug-likeness (QED) is 0.456. The van der Waals surface area contributed by atoms with E-state index in [4.69, 9.17) is 9.47 Å². The van der Waals surface area contributed by atoms with Crippen LogP contribution in [0.1, 0.15) is 11.1 Å². The van der Waals surface area contributed by atoms with Gasteiger partial charge in [-0.3, -0.25) is 0 Å². The third-order valence-electron chi connectivity index (χ3n) is 5.21. The first-order valence-corrected chi connectivity index (χ1v) is 10.2. The maximum atomic E-state index is 9.40. The lowest BCUT2D eigenvalue weighted by molar-refractivity contribution is 0.179. The predicted octanol–water partition coefficient (Wildman–Crippen LogP) is 5.02. The molecular formula is C26H26O4. The first-order chi connectivity index (χ1) is 14.6. The molecule has 4 nitrogen and oxygen atoms in total. The Kier molecular flexibility index (Phi) is 5.88. The van der Waals surface area contributed by atoms with Crippen molar-refractivity contribution in [3.05, 3.63) is 71.8 Å². The molecule has 4 rings (SSSR count). The molecule has 4 heteroatoms. The second-order valence-corrected chi connectivity index (χ2v) is 7.48. The van der Waals surface area contributed by atoms with Crippen LogP contribution in [0, 0.1) is 13.8 Å². The van der Waals surface area contributed by atoms with Crippen LogP contribution in [-0.4, -0.2) is 36.6 Å². The minimum absolute atomic E-state index is 0.0891. The number of hydrogen-bond donors (Lipinski definition) is 2. The standard InChI is InChI=1S/C26H26O4/c1-17-6-8-21-19(14-17)4-3-5-23(21)25-22-9-7-18(2)15-20(22)16-24(29-12-10-27)26(25)30-13-11-28/h3-9,14-16,27-28H,10-13H2,1-2H3. The normalized spacial score (nSPS) is 11.2. The van der Waals surface area contributed by atoms with Gasteiger partial charge >= 0.3 is 0 Å². The molecule has 0 saturated heterocycles. The second kappa shape index (κ2) is 8.74. The lowest BCUT2D eigenvalue weighted by Gasteiger charge is -2.20. The van der Waals surface area contributed by atoms with Gasteiger partial charge in [0.15, 0.2) is 11.5 Å². The molecule has 0 fully saturated rings. The van der Waals surface area contributed by atoms with Crippen LogP contribution in [0.2, 0.25) is 0 Å². The monoisotopic (exact) mass is 402 g/mol. The number of aliphatic hydroxyl groups excluding tert-OH is 2. The molecule has 0 amide bonds. The van der Waals surface area contributed by atoms with E-state index in [1.807, 2.05) is 12.1 Å². The second-order valence-electron chi connectivity index (χ2n) is 7.48. The molecule has 0 aromatic heterocycles.